The van der Waals surface area contributed by atoms with Gasteiger partial charge in [-0.25, -0.2) is 28.4 Å². The molecule has 5 aromatic heterocycles. The number of aromatic nitrogens is 8. The van der Waals surface area contributed by atoms with Gasteiger partial charge in [0.25, 0.3) is 5.91 Å². The lowest BCUT2D eigenvalue weighted by Gasteiger charge is -2.38. The molecule has 1 aliphatic carbocycles. The number of methoxy groups -OCH3 is 1. The molecule has 0 unspecified atom stereocenters. The smallest absolute Gasteiger partial charge is 0.252 e. The van der Waals surface area contributed by atoms with Crippen LogP contribution in [0.2, 0.25) is 0 Å². The van der Waals surface area contributed by atoms with E-state index in [1.54, 1.807) is 23.9 Å². The first-order chi connectivity index (χ1) is 21.3. The van der Waals surface area contributed by atoms with Crippen LogP contribution in [0.1, 0.15) is 61.6 Å². The van der Waals surface area contributed by atoms with Crippen molar-refractivity contribution in [3.8, 4) is 5.82 Å². The first-order valence-electron chi connectivity index (χ1n) is 14.5. The van der Waals surface area contributed by atoms with Crippen LogP contribution < -0.4 is 10.6 Å². The number of nitrogens with zero attached hydrogens (tertiary/aromatic N) is 7. The lowest BCUT2D eigenvalue weighted by Crippen LogP contribution is -2.50. The molecule has 230 valence electrons. The van der Waals surface area contributed by atoms with Crippen LogP contribution in [-0.4, -0.2) is 64.8 Å². The molecule has 14 heteroatoms. The molecular formula is C30H34F2N10O2. The number of aromatic amines is 1. The van der Waals surface area contributed by atoms with E-state index in [2.05, 4.69) is 30.9 Å². The molecule has 3 N–H and O–H groups in total. The summed E-state index contributed by atoms with van der Waals surface area (Å²) in [5.41, 5.74) is 1.34. The van der Waals surface area contributed by atoms with Gasteiger partial charge in [-0.3, -0.25) is 9.89 Å². The van der Waals surface area contributed by atoms with Crippen molar-refractivity contribution in [3.63, 3.8) is 0 Å². The van der Waals surface area contributed by atoms with Crippen LogP contribution in [0.15, 0.2) is 49.1 Å². The molecule has 44 heavy (non-hydrogen) atoms. The fraction of sp³-hybridized carbons (Fsp3) is 0.400. The maximum Gasteiger partial charge on any atom is 0.252 e. The topological polar surface area (TPSA) is 140 Å². The highest BCUT2D eigenvalue weighted by Crippen LogP contribution is 2.40. The third kappa shape index (κ3) is 5.76. The number of fused-ring (bicyclic) bond motifs is 1. The summed E-state index contributed by atoms with van der Waals surface area (Å²) >= 11 is 0. The second-order valence-corrected chi connectivity index (χ2v) is 11.1. The summed E-state index contributed by atoms with van der Waals surface area (Å²) in [5, 5.41) is 18.3. The van der Waals surface area contributed by atoms with Crippen LogP contribution in [-0.2, 0) is 16.1 Å². The van der Waals surface area contributed by atoms with E-state index in [1.165, 1.54) is 10.9 Å². The molecular weight excluding hydrogens is 570 g/mol. The fourth-order valence-electron chi connectivity index (χ4n) is 5.73. The van der Waals surface area contributed by atoms with Crippen molar-refractivity contribution in [2.75, 3.05) is 19.1 Å². The van der Waals surface area contributed by atoms with Gasteiger partial charge in [-0.1, -0.05) is 6.07 Å². The van der Waals surface area contributed by atoms with Gasteiger partial charge in [0.05, 0.1) is 30.4 Å². The van der Waals surface area contributed by atoms with Crippen molar-refractivity contribution in [1.29, 1.82) is 0 Å². The van der Waals surface area contributed by atoms with Gasteiger partial charge in [-0.2, -0.15) is 10.2 Å². The predicted molar refractivity (Wildman–Crippen MR) is 159 cm³/mol. The summed E-state index contributed by atoms with van der Waals surface area (Å²) in [4.78, 5) is 27.7. The summed E-state index contributed by atoms with van der Waals surface area (Å²) < 4.78 is 35.6. The number of carbonyl (C=O) groups excluding carboxylic acids is 1. The number of ether oxygens (including phenoxy) is 1. The van der Waals surface area contributed by atoms with Crippen LogP contribution in [0.3, 0.4) is 0 Å². The SMILES string of the molecule is CO[C@]1(C(=O)N[C@@H](C)c2ccc(-n3cc(F)cn3)nc2)CC[C@H](c2nc(Nc3cc(C)[nH]n3)c3ccn(CCF)c3n2)CC1. The number of alkyl halides is 1. The summed E-state index contributed by atoms with van der Waals surface area (Å²) in [6.45, 7) is 3.47. The van der Waals surface area contributed by atoms with Crippen molar-refractivity contribution in [2.24, 2.45) is 0 Å². The van der Waals surface area contributed by atoms with E-state index in [-0.39, 0.29) is 24.4 Å². The van der Waals surface area contributed by atoms with Crippen LogP contribution in [0.5, 0.6) is 0 Å². The molecule has 1 fully saturated rings. The molecule has 0 spiro atoms. The van der Waals surface area contributed by atoms with Crippen molar-refractivity contribution in [1.82, 2.24) is 44.8 Å². The fourth-order valence-corrected chi connectivity index (χ4v) is 5.73. The van der Waals surface area contributed by atoms with Crippen molar-refractivity contribution in [2.45, 2.75) is 63.6 Å². The summed E-state index contributed by atoms with van der Waals surface area (Å²) in [7, 11) is 1.56. The number of H-pyrrole nitrogens is 1. The molecule has 0 aromatic carbocycles. The zero-order chi connectivity index (χ0) is 30.8. The van der Waals surface area contributed by atoms with Gasteiger partial charge in [0.1, 0.15) is 29.6 Å². The van der Waals surface area contributed by atoms with Crippen LogP contribution >= 0.6 is 0 Å². The number of carbonyl (C=O) groups is 1. The molecule has 1 saturated carbocycles. The molecule has 1 atom stereocenters. The quantitative estimate of drug-likeness (QED) is 0.206. The van der Waals surface area contributed by atoms with E-state index in [0.29, 0.717) is 54.6 Å². The lowest BCUT2D eigenvalue weighted by molar-refractivity contribution is -0.148. The molecule has 5 heterocycles. The highest BCUT2D eigenvalue weighted by molar-refractivity contribution is 5.89. The number of anilines is 2. The monoisotopic (exact) mass is 604 g/mol. The molecule has 0 radical (unpaired) electrons. The third-order valence-electron chi connectivity index (χ3n) is 8.28. The lowest BCUT2D eigenvalue weighted by atomic mass is 9.77. The Morgan fingerprint density at radius 1 is 1.23 bits per heavy atom. The van der Waals surface area contributed by atoms with Crippen molar-refractivity contribution in [3.05, 3.63) is 72.0 Å². The van der Waals surface area contributed by atoms with Crippen LogP contribution in [0.25, 0.3) is 16.9 Å². The van der Waals surface area contributed by atoms with E-state index < -0.39 is 18.1 Å². The minimum atomic E-state index is -1.00. The minimum absolute atomic E-state index is 0.0213. The zero-order valence-electron chi connectivity index (χ0n) is 24.7. The maximum absolute atomic E-state index is 13.6. The van der Waals surface area contributed by atoms with Crippen LogP contribution in [0.4, 0.5) is 20.4 Å². The highest BCUT2D eigenvalue weighted by atomic mass is 19.1. The zero-order valence-corrected chi connectivity index (χ0v) is 24.7. The van der Waals surface area contributed by atoms with Gasteiger partial charge in [0.15, 0.2) is 17.5 Å². The van der Waals surface area contributed by atoms with Crippen molar-refractivity contribution >= 4 is 28.6 Å². The van der Waals surface area contributed by atoms with Gasteiger partial charge < -0.3 is 19.9 Å². The standard InChI is InChI=1S/C30H34F2N10O2/c1-18-14-24(40-39-18)36-27-23-8-12-41(13-11-31)28(23)38-26(37-27)20-6-9-30(44-3,10-7-20)29(43)35-19(2)21-4-5-25(33-15-21)42-17-22(32)16-34-42/h4-5,8,12,14-17,19-20H,6-7,9-11,13H2,1-3H3,(H,35,43)(H2,36,37,38,39,40)/t19-,20-,30+/m0/s1. The number of aryl methyl sites for hydroxylation is 2. The molecule has 0 aliphatic heterocycles. The maximum atomic E-state index is 13.6. The Bertz CT molecular complexity index is 1760. The highest BCUT2D eigenvalue weighted by Gasteiger charge is 2.43. The Morgan fingerprint density at radius 3 is 2.68 bits per heavy atom. The Hall–Kier alpha value is -4.72. The average molecular weight is 605 g/mol. The number of hydrogen-bond donors (Lipinski definition) is 3. The first-order valence-corrected chi connectivity index (χ1v) is 14.5. The Balaban J connectivity index is 1.17. The number of amides is 1. The molecule has 6 rings (SSSR count). The van der Waals surface area contributed by atoms with E-state index in [1.807, 2.05) is 38.2 Å². The second kappa shape index (κ2) is 12.1. The van der Waals surface area contributed by atoms with Gasteiger partial charge >= 0.3 is 0 Å². The van der Waals surface area contributed by atoms with Gasteiger partial charge in [0.2, 0.25) is 0 Å². The van der Waals surface area contributed by atoms with Crippen LogP contribution in [0, 0.1) is 12.7 Å². The normalized spacial score (nSPS) is 19.2. The first kappa shape index (κ1) is 29.4. The van der Waals surface area contributed by atoms with E-state index in [9.17, 15) is 13.6 Å². The van der Waals surface area contributed by atoms with Gasteiger partial charge in [-0.05, 0) is 57.2 Å². The molecule has 5 aromatic rings. The number of pyridine rings is 1. The van der Waals surface area contributed by atoms with E-state index in [4.69, 9.17) is 14.7 Å². The Kier molecular flexibility index (Phi) is 8.08. The van der Waals surface area contributed by atoms with E-state index >= 15 is 0 Å². The molecule has 12 nitrogen and oxygen atoms in total. The number of halogens is 2. The molecule has 1 aliphatic rings. The largest absolute Gasteiger partial charge is 0.368 e. The average Bonchev–Trinajstić information content (AvgIpc) is 3.77. The number of hydrogen-bond acceptors (Lipinski definition) is 8. The van der Waals surface area contributed by atoms with E-state index in [0.717, 1.165) is 22.8 Å². The molecule has 1 amide bonds. The summed E-state index contributed by atoms with van der Waals surface area (Å²) in [6.07, 6.45) is 8.01. The molecule has 0 bridgehead atoms. The van der Waals surface area contributed by atoms with Gasteiger partial charge in [0, 0.05) is 37.2 Å². The number of rotatable bonds is 10. The molecule has 0 saturated heterocycles. The van der Waals surface area contributed by atoms with Gasteiger partial charge in [-0.15, -0.1) is 0 Å². The second-order valence-electron chi connectivity index (χ2n) is 11.1. The Morgan fingerprint density at radius 2 is 2.05 bits per heavy atom. The number of nitrogens with one attached hydrogen (secondary N) is 3. The summed E-state index contributed by atoms with van der Waals surface area (Å²) in [6, 6.07) is 6.96. The van der Waals surface area contributed by atoms with Crippen molar-refractivity contribution < 1.29 is 18.3 Å². The summed E-state index contributed by atoms with van der Waals surface area (Å²) in [5.74, 6) is 1.66. The Labute approximate surface area is 252 Å². The predicted octanol–water partition coefficient (Wildman–Crippen LogP) is 4.82. The third-order valence-corrected chi connectivity index (χ3v) is 8.28. The minimum Gasteiger partial charge on any atom is -0.368 e.